The first-order valence-corrected chi connectivity index (χ1v) is 6.92. The highest BCUT2D eigenvalue weighted by Crippen LogP contribution is 2.22. The lowest BCUT2D eigenvalue weighted by molar-refractivity contribution is 0.136. The molecule has 5 nitrogen and oxygen atoms in total. The second-order valence-corrected chi connectivity index (χ2v) is 5.02. The number of pyridine rings is 1. The highest BCUT2D eigenvalue weighted by Gasteiger charge is 2.22. The number of aromatic nitrogens is 1. The summed E-state index contributed by atoms with van der Waals surface area (Å²) in [4.78, 5) is 6.70. The molecule has 3 N–H and O–H groups in total. The Balaban J connectivity index is 2.18. The number of piperidine rings is 1. The van der Waals surface area contributed by atoms with Crippen molar-refractivity contribution in [2.75, 3.05) is 6.54 Å². The number of hydrogen-bond donors (Lipinski definition) is 2. The molecule has 0 radical (unpaired) electrons. The van der Waals surface area contributed by atoms with Crippen LogP contribution in [0.5, 0.6) is 0 Å². The Labute approximate surface area is 114 Å². The fourth-order valence-electron chi connectivity index (χ4n) is 2.79. The Bertz CT molecular complexity index is 447. The van der Waals surface area contributed by atoms with Crippen LogP contribution < -0.4 is 5.73 Å². The summed E-state index contributed by atoms with van der Waals surface area (Å²) in [6.07, 6.45) is 6.66. The Morgan fingerprint density at radius 2 is 2.42 bits per heavy atom. The smallest absolute Gasteiger partial charge is 0.189 e. The second-order valence-electron chi connectivity index (χ2n) is 5.02. The quantitative estimate of drug-likeness (QED) is 0.376. The zero-order valence-corrected chi connectivity index (χ0v) is 11.4. The summed E-state index contributed by atoms with van der Waals surface area (Å²) in [6.45, 7) is 4.16. The molecule has 1 fully saturated rings. The van der Waals surface area contributed by atoms with Gasteiger partial charge >= 0.3 is 0 Å². The van der Waals surface area contributed by atoms with Gasteiger partial charge in [-0.1, -0.05) is 24.6 Å². The van der Waals surface area contributed by atoms with Gasteiger partial charge in [0.2, 0.25) is 0 Å². The minimum Gasteiger partial charge on any atom is -0.409 e. The van der Waals surface area contributed by atoms with Gasteiger partial charge < -0.3 is 10.9 Å². The zero-order valence-electron chi connectivity index (χ0n) is 11.4. The molecule has 0 aromatic carbocycles. The van der Waals surface area contributed by atoms with Gasteiger partial charge in [-0.05, 0) is 37.4 Å². The minimum atomic E-state index is 0.0839. The molecule has 1 atom stereocenters. The van der Waals surface area contributed by atoms with Crippen LogP contribution in [0, 0.1) is 0 Å². The maximum atomic E-state index is 8.83. The lowest BCUT2D eigenvalue weighted by Gasteiger charge is -2.35. The normalized spacial score (nSPS) is 21.5. The van der Waals surface area contributed by atoms with Crippen molar-refractivity contribution in [2.24, 2.45) is 10.9 Å². The molecule has 0 amide bonds. The van der Waals surface area contributed by atoms with Crippen molar-refractivity contribution in [3.63, 3.8) is 0 Å². The van der Waals surface area contributed by atoms with Gasteiger partial charge in [-0.25, -0.2) is 0 Å². The summed E-state index contributed by atoms with van der Waals surface area (Å²) in [6, 6.07) is 4.53. The average molecular weight is 262 g/mol. The maximum absolute atomic E-state index is 8.83. The standard InChI is InChI=1S/C14H22N4O/c1-2-12-7-3-4-9-18(12)10-11-6-5-8-16-13(11)14(15)17-19/h5-6,8,12,19H,2-4,7,9-10H2,1H3,(H2,15,17). The second kappa shape index (κ2) is 6.52. The van der Waals surface area contributed by atoms with Gasteiger partial charge in [-0.2, -0.15) is 0 Å². The third-order valence-electron chi connectivity index (χ3n) is 3.84. The number of likely N-dealkylation sites (tertiary alicyclic amines) is 1. The Morgan fingerprint density at radius 3 is 3.16 bits per heavy atom. The zero-order chi connectivity index (χ0) is 13.7. The lowest BCUT2D eigenvalue weighted by Crippen LogP contribution is -2.39. The molecule has 0 spiro atoms. The van der Waals surface area contributed by atoms with Gasteiger partial charge in [0.15, 0.2) is 5.84 Å². The minimum absolute atomic E-state index is 0.0839. The van der Waals surface area contributed by atoms with Crippen LogP contribution in [0.4, 0.5) is 0 Å². The highest BCUT2D eigenvalue weighted by molar-refractivity contribution is 5.96. The molecule has 1 saturated heterocycles. The van der Waals surface area contributed by atoms with Crippen LogP contribution in [-0.4, -0.2) is 33.5 Å². The van der Waals surface area contributed by atoms with Gasteiger partial charge in [-0.15, -0.1) is 0 Å². The molecule has 1 unspecified atom stereocenters. The molecule has 0 saturated carbocycles. The van der Waals surface area contributed by atoms with E-state index < -0.39 is 0 Å². The van der Waals surface area contributed by atoms with Crippen molar-refractivity contribution in [3.05, 3.63) is 29.6 Å². The fraction of sp³-hybridized carbons (Fsp3) is 0.571. The third kappa shape index (κ3) is 3.23. The van der Waals surface area contributed by atoms with E-state index in [1.165, 1.54) is 25.7 Å². The van der Waals surface area contributed by atoms with Crippen LogP contribution >= 0.6 is 0 Å². The Morgan fingerprint density at radius 1 is 1.58 bits per heavy atom. The van der Waals surface area contributed by atoms with Gasteiger partial charge in [0.05, 0.1) is 0 Å². The van der Waals surface area contributed by atoms with Gasteiger partial charge in [0, 0.05) is 18.8 Å². The van der Waals surface area contributed by atoms with Crippen LogP contribution in [0.2, 0.25) is 0 Å². The van der Waals surface area contributed by atoms with E-state index in [-0.39, 0.29) is 5.84 Å². The first kappa shape index (κ1) is 13.8. The molecule has 0 aliphatic carbocycles. The summed E-state index contributed by atoms with van der Waals surface area (Å²) < 4.78 is 0. The van der Waals surface area contributed by atoms with Gasteiger partial charge in [-0.3, -0.25) is 9.88 Å². The topological polar surface area (TPSA) is 74.7 Å². The lowest BCUT2D eigenvalue weighted by atomic mass is 9.99. The van der Waals surface area contributed by atoms with E-state index >= 15 is 0 Å². The van der Waals surface area contributed by atoms with E-state index in [2.05, 4.69) is 22.0 Å². The number of hydrogen-bond acceptors (Lipinski definition) is 4. The van der Waals surface area contributed by atoms with Crippen LogP contribution in [0.1, 0.15) is 43.9 Å². The molecule has 19 heavy (non-hydrogen) atoms. The number of rotatable bonds is 4. The molecule has 5 heteroatoms. The predicted molar refractivity (Wildman–Crippen MR) is 75.1 cm³/mol. The monoisotopic (exact) mass is 262 g/mol. The fourth-order valence-corrected chi connectivity index (χ4v) is 2.79. The molecular weight excluding hydrogens is 240 g/mol. The highest BCUT2D eigenvalue weighted by atomic mass is 16.4. The van der Waals surface area contributed by atoms with Crippen molar-refractivity contribution in [3.8, 4) is 0 Å². The van der Waals surface area contributed by atoms with Gasteiger partial charge in [0.25, 0.3) is 0 Å². The van der Waals surface area contributed by atoms with Crippen LogP contribution in [-0.2, 0) is 6.54 Å². The third-order valence-corrected chi connectivity index (χ3v) is 3.84. The number of oxime groups is 1. The van der Waals surface area contributed by atoms with Crippen molar-refractivity contribution in [2.45, 2.75) is 45.2 Å². The van der Waals surface area contributed by atoms with Crippen LogP contribution in [0.25, 0.3) is 0 Å². The predicted octanol–water partition coefficient (Wildman–Crippen LogP) is 1.94. The SMILES string of the molecule is CCC1CCCCN1Cc1cccnc1/C(N)=N/O. The van der Waals surface area contributed by atoms with E-state index in [0.29, 0.717) is 11.7 Å². The summed E-state index contributed by atoms with van der Waals surface area (Å²) in [5, 5.41) is 11.9. The summed E-state index contributed by atoms with van der Waals surface area (Å²) in [7, 11) is 0. The van der Waals surface area contributed by atoms with Gasteiger partial charge in [0.1, 0.15) is 5.69 Å². The Hall–Kier alpha value is -1.62. The molecule has 2 heterocycles. The van der Waals surface area contributed by atoms with E-state index in [1.54, 1.807) is 6.20 Å². The molecule has 104 valence electrons. The first-order valence-electron chi connectivity index (χ1n) is 6.92. The summed E-state index contributed by atoms with van der Waals surface area (Å²) in [5.74, 6) is 0.0839. The van der Waals surface area contributed by atoms with Crippen molar-refractivity contribution >= 4 is 5.84 Å². The van der Waals surface area contributed by atoms with E-state index in [1.807, 2.05) is 12.1 Å². The molecule has 1 aromatic heterocycles. The van der Waals surface area contributed by atoms with Crippen molar-refractivity contribution in [1.29, 1.82) is 0 Å². The largest absolute Gasteiger partial charge is 0.409 e. The molecule has 1 aliphatic heterocycles. The summed E-state index contributed by atoms with van der Waals surface area (Å²) >= 11 is 0. The first-order chi connectivity index (χ1) is 9.26. The average Bonchev–Trinajstić information content (AvgIpc) is 2.47. The van der Waals surface area contributed by atoms with Crippen molar-refractivity contribution in [1.82, 2.24) is 9.88 Å². The number of amidine groups is 1. The van der Waals surface area contributed by atoms with Crippen molar-refractivity contribution < 1.29 is 5.21 Å². The van der Waals surface area contributed by atoms with E-state index in [9.17, 15) is 0 Å². The van der Waals surface area contributed by atoms with E-state index in [0.717, 1.165) is 18.7 Å². The van der Waals surface area contributed by atoms with Crippen LogP contribution in [0.3, 0.4) is 0 Å². The number of nitrogens with two attached hydrogens (primary N) is 1. The molecule has 0 bridgehead atoms. The maximum Gasteiger partial charge on any atom is 0.189 e. The molecule has 1 aromatic rings. The Kier molecular flexibility index (Phi) is 4.74. The number of nitrogens with zero attached hydrogens (tertiary/aromatic N) is 3. The molecular formula is C14H22N4O. The van der Waals surface area contributed by atoms with Crippen LogP contribution in [0.15, 0.2) is 23.5 Å². The molecule has 2 rings (SSSR count). The summed E-state index contributed by atoms with van der Waals surface area (Å²) in [5.41, 5.74) is 7.30. The van der Waals surface area contributed by atoms with E-state index in [4.69, 9.17) is 10.9 Å². The molecule has 1 aliphatic rings.